The average Bonchev–Trinajstić information content (AvgIpc) is 2.55. The number of hydrogen-bond donors (Lipinski definition) is 2. The van der Waals surface area contributed by atoms with E-state index in [9.17, 15) is 22.3 Å². The lowest BCUT2D eigenvalue weighted by atomic mass is 10.0. The first-order valence-corrected chi connectivity index (χ1v) is 9.45. The fourth-order valence-corrected chi connectivity index (χ4v) is 3.90. The molecule has 1 unspecified atom stereocenters. The van der Waals surface area contributed by atoms with Gasteiger partial charge in [0.1, 0.15) is 11.6 Å². The van der Waals surface area contributed by atoms with Crippen molar-refractivity contribution in [2.75, 3.05) is 6.61 Å². The quantitative estimate of drug-likeness (QED) is 0.787. The predicted molar refractivity (Wildman–Crippen MR) is 92.4 cm³/mol. The molecule has 0 amide bonds. The number of rotatable bonds is 7. The summed E-state index contributed by atoms with van der Waals surface area (Å²) in [7, 11) is -3.76. The topological polar surface area (TPSA) is 66.4 Å². The van der Waals surface area contributed by atoms with E-state index in [-0.39, 0.29) is 23.0 Å². The Morgan fingerprint density at radius 1 is 1.12 bits per heavy atom. The fraction of sp³-hybridized carbons (Fsp3) is 0.333. The van der Waals surface area contributed by atoms with Crippen molar-refractivity contribution >= 4 is 10.0 Å². The molecule has 0 radical (unpaired) electrons. The standard InChI is InChI=1S/C18H21F2NO3S/c1-3-13(11-22)12(2)21-25(23,24)16-7-4-14(5-8-16)17-9-6-15(19)10-18(17)20/h4-10,12-13,21-22H,3,11H2,1-2H3/t12-,13?/m0/s1. The molecule has 136 valence electrons. The van der Waals surface area contributed by atoms with E-state index in [1.807, 2.05) is 6.92 Å². The summed E-state index contributed by atoms with van der Waals surface area (Å²) in [5, 5.41) is 9.27. The van der Waals surface area contributed by atoms with Gasteiger partial charge >= 0.3 is 0 Å². The van der Waals surface area contributed by atoms with Crippen molar-refractivity contribution < 1.29 is 22.3 Å². The minimum atomic E-state index is -3.76. The van der Waals surface area contributed by atoms with Crippen LogP contribution in [-0.2, 0) is 10.0 Å². The Morgan fingerprint density at radius 2 is 1.76 bits per heavy atom. The Labute approximate surface area is 146 Å². The Morgan fingerprint density at radius 3 is 2.28 bits per heavy atom. The summed E-state index contributed by atoms with van der Waals surface area (Å²) in [4.78, 5) is 0.0402. The largest absolute Gasteiger partial charge is 0.396 e. The van der Waals surface area contributed by atoms with Crippen LogP contribution in [0.5, 0.6) is 0 Å². The van der Waals surface area contributed by atoms with Crippen molar-refractivity contribution in [1.82, 2.24) is 4.72 Å². The third-order valence-corrected chi connectivity index (χ3v) is 5.79. The average molecular weight is 369 g/mol. The van der Waals surface area contributed by atoms with Gasteiger partial charge in [-0.1, -0.05) is 19.1 Å². The van der Waals surface area contributed by atoms with Crippen LogP contribution in [0.2, 0.25) is 0 Å². The van der Waals surface area contributed by atoms with Crippen molar-refractivity contribution in [3.8, 4) is 11.1 Å². The zero-order valence-corrected chi connectivity index (χ0v) is 14.9. The smallest absolute Gasteiger partial charge is 0.240 e. The van der Waals surface area contributed by atoms with Crippen molar-refractivity contribution in [1.29, 1.82) is 0 Å². The van der Waals surface area contributed by atoms with Crippen molar-refractivity contribution in [2.24, 2.45) is 5.92 Å². The molecule has 0 spiro atoms. The van der Waals surface area contributed by atoms with E-state index in [0.717, 1.165) is 12.1 Å². The minimum absolute atomic E-state index is 0.0402. The second-order valence-electron chi connectivity index (χ2n) is 5.91. The number of halogens is 2. The van der Waals surface area contributed by atoms with E-state index < -0.39 is 27.7 Å². The van der Waals surface area contributed by atoms with Crippen LogP contribution in [0.3, 0.4) is 0 Å². The second kappa shape index (κ2) is 8.03. The molecule has 2 aromatic rings. The number of nitrogens with one attached hydrogen (secondary N) is 1. The first-order chi connectivity index (χ1) is 11.8. The Balaban J connectivity index is 2.23. The summed E-state index contributed by atoms with van der Waals surface area (Å²) in [6.07, 6.45) is 0.642. The molecule has 25 heavy (non-hydrogen) atoms. The second-order valence-corrected chi connectivity index (χ2v) is 7.62. The van der Waals surface area contributed by atoms with Crippen molar-refractivity contribution in [2.45, 2.75) is 31.2 Å². The predicted octanol–water partition coefficient (Wildman–Crippen LogP) is 3.32. The number of hydrogen-bond acceptors (Lipinski definition) is 3. The molecule has 0 aromatic heterocycles. The molecule has 2 atom stereocenters. The maximum absolute atomic E-state index is 13.8. The molecule has 0 bridgehead atoms. The zero-order valence-electron chi connectivity index (χ0n) is 14.0. The van der Waals surface area contributed by atoms with Crippen molar-refractivity contribution in [3.63, 3.8) is 0 Å². The first kappa shape index (κ1) is 19.5. The normalized spacial score (nSPS) is 14.3. The van der Waals surface area contributed by atoms with E-state index in [1.165, 1.54) is 30.3 Å². The minimum Gasteiger partial charge on any atom is -0.396 e. The van der Waals surface area contributed by atoms with E-state index in [4.69, 9.17) is 0 Å². The molecule has 0 heterocycles. The molecule has 0 aliphatic heterocycles. The summed E-state index contributed by atoms with van der Waals surface area (Å²) >= 11 is 0. The number of benzene rings is 2. The molecule has 2 rings (SSSR count). The maximum Gasteiger partial charge on any atom is 0.240 e. The van der Waals surface area contributed by atoms with Gasteiger partial charge in [-0.3, -0.25) is 0 Å². The Bertz CT molecular complexity index is 819. The van der Waals surface area contributed by atoms with E-state index in [1.54, 1.807) is 6.92 Å². The number of aliphatic hydroxyl groups excluding tert-OH is 1. The third-order valence-electron chi connectivity index (χ3n) is 4.21. The highest BCUT2D eigenvalue weighted by Gasteiger charge is 2.22. The Hall–Kier alpha value is -1.83. The van der Waals surface area contributed by atoms with Gasteiger partial charge in [0.25, 0.3) is 0 Å². The van der Waals surface area contributed by atoms with Gasteiger partial charge in [0.2, 0.25) is 10.0 Å². The van der Waals surface area contributed by atoms with Gasteiger partial charge in [-0.2, -0.15) is 0 Å². The molecule has 0 aliphatic rings. The SMILES string of the molecule is CCC(CO)[C@H](C)NS(=O)(=O)c1ccc(-c2ccc(F)cc2F)cc1. The fourth-order valence-electron chi connectivity index (χ4n) is 2.59. The molecule has 4 nitrogen and oxygen atoms in total. The van der Waals surface area contributed by atoms with Crippen LogP contribution in [0.25, 0.3) is 11.1 Å². The lowest BCUT2D eigenvalue weighted by Gasteiger charge is -2.21. The van der Waals surface area contributed by atoms with Gasteiger partial charge in [0.05, 0.1) is 4.90 Å². The van der Waals surface area contributed by atoms with Gasteiger partial charge in [-0.25, -0.2) is 21.9 Å². The summed E-state index contributed by atoms with van der Waals surface area (Å²) < 4.78 is 54.2. The van der Waals surface area contributed by atoms with Crippen LogP contribution >= 0.6 is 0 Å². The van der Waals surface area contributed by atoms with Crippen LogP contribution in [0, 0.1) is 17.6 Å². The highest BCUT2D eigenvalue weighted by atomic mass is 32.2. The molecule has 2 aromatic carbocycles. The molecule has 7 heteroatoms. The van der Waals surface area contributed by atoms with E-state index in [2.05, 4.69) is 4.72 Å². The van der Waals surface area contributed by atoms with Crippen LogP contribution < -0.4 is 4.72 Å². The molecule has 0 saturated carbocycles. The van der Waals surface area contributed by atoms with Crippen LogP contribution in [0.15, 0.2) is 47.4 Å². The van der Waals surface area contributed by atoms with Crippen LogP contribution in [-0.4, -0.2) is 26.2 Å². The summed E-state index contributed by atoms with van der Waals surface area (Å²) in [6, 6.07) is 8.49. The highest BCUT2D eigenvalue weighted by Crippen LogP contribution is 2.25. The van der Waals surface area contributed by atoms with Gasteiger partial charge in [-0.05, 0) is 49.1 Å². The molecule has 0 saturated heterocycles. The zero-order chi connectivity index (χ0) is 18.6. The lowest BCUT2D eigenvalue weighted by Crippen LogP contribution is -2.39. The summed E-state index contributed by atoms with van der Waals surface area (Å²) in [5.41, 5.74) is 0.643. The Kier molecular flexibility index (Phi) is 6.26. The third kappa shape index (κ3) is 4.62. The summed E-state index contributed by atoms with van der Waals surface area (Å²) in [6.45, 7) is 3.46. The van der Waals surface area contributed by atoms with Gasteiger partial charge in [0, 0.05) is 24.3 Å². The molecule has 2 N–H and O–H groups in total. The highest BCUT2D eigenvalue weighted by molar-refractivity contribution is 7.89. The molecule has 0 fully saturated rings. The molecular weight excluding hydrogens is 348 g/mol. The summed E-state index contributed by atoms with van der Waals surface area (Å²) in [5.74, 6) is -1.56. The molecular formula is C18H21F2NO3S. The first-order valence-electron chi connectivity index (χ1n) is 7.97. The maximum atomic E-state index is 13.8. The van der Waals surface area contributed by atoms with E-state index >= 15 is 0 Å². The van der Waals surface area contributed by atoms with Crippen LogP contribution in [0.1, 0.15) is 20.3 Å². The number of sulfonamides is 1. The lowest BCUT2D eigenvalue weighted by molar-refractivity contribution is 0.200. The van der Waals surface area contributed by atoms with E-state index in [0.29, 0.717) is 12.0 Å². The monoisotopic (exact) mass is 369 g/mol. The number of aliphatic hydroxyl groups is 1. The van der Waals surface area contributed by atoms with Gasteiger partial charge in [-0.15, -0.1) is 0 Å². The van der Waals surface area contributed by atoms with Gasteiger partial charge in [0.15, 0.2) is 0 Å². The molecule has 0 aliphatic carbocycles. The van der Waals surface area contributed by atoms with Gasteiger partial charge < -0.3 is 5.11 Å². The van der Waals surface area contributed by atoms with Crippen LogP contribution in [0.4, 0.5) is 8.78 Å². The van der Waals surface area contributed by atoms with Crippen molar-refractivity contribution in [3.05, 3.63) is 54.1 Å².